The highest BCUT2D eigenvalue weighted by atomic mass is 15.1. The highest BCUT2D eigenvalue weighted by Gasteiger charge is 2.47. The van der Waals surface area contributed by atoms with Crippen molar-refractivity contribution in [3.63, 3.8) is 0 Å². The Hall–Kier alpha value is -10.3. The fraction of sp³-hybridized carbons (Fsp3) is 0.140. The van der Waals surface area contributed by atoms with Gasteiger partial charge in [-0.05, 0) is 229 Å². The molecule has 0 radical (unpaired) electrons. The lowest BCUT2D eigenvalue weighted by Crippen LogP contribution is -2.55. The molecule has 16 aromatic rings. The van der Waals surface area contributed by atoms with Crippen molar-refractivity contribution in [3.05, 3.63) is 249 Å². The van der Waals surface area contributed by atoms with Crippen molar-refractivity contribution in [1.82, 2.24) is 18.1 Å². The normalized spacial score (nSPS) is 13.2. The zero-order valence-corrected chi connectivity index (χ0v) is 54.3. The number of para-hydroxylation sites is 2. The van der Waals surface area contributed by atoms with Crippen LogP contribution in [0.2, 0.25) is 0 Å². The van der Waals surface area contributed by atoms with Crippen molar-refractivity contribution in [3.8, 4) is 78.1 Å². The monoisotopic (exact) mass is 1180 g/mol. The van der Waals surface area contributed by atoms with Gasteiger partial charge in [0.05, 0.1) is 33.1 Å². The summed E-state index contributed by atoms with van der Waals surface area (Å²) >= 11 is 0. The van der Waals surface area contributed by atoms with Gasteiger partial charge in [0, 0.05) is 65.9 Å². The van der Waals surface area contributed by atoms with E-state index >= 15 is 0 Å². The maximum atomic E-state index is 2.84. The molecule has 12 aromatic carbocycles. The molecule has 0 unspecified atom stereocenters. The van der Waals surface area contributed by atoms with Crippen LogP contribution >= 0.6 is 0 Å². The maximum Gasteiger partial charge on any atom is 0.333 e. The van der Waals surface area contributed by atoms with Crippen LogP contribution in [0.3, 0.4) is 0 Å². The Balaban J connectivity index is 0.905. The first-order chi connectivity index (χ1) is 44.6. The number of benzene rings is 12. The zero-order chi connectivity index (χ0) is 62.1. The summed E-state index contributed by atoms with van der Waals surface area (Å²) in [5, 5.41) is 7.77. The predicted octanol–water partition coefficient (Wildman–Crippen LogP) is 19.2. The first-order valence-corrected chi connectivity index (χ1v) is 33.0. The van der Waals surface area contributed by atoms with Crippen LogP contribution in [0.15, 0.2) is 182 Å². The third-order valence-corrected chi connectivity index (χ3v) is 22.3. The molecule has 4 aliphatic rings. The van der Waals surface area contributed by atoms with E-state index in [9.17, 15) is 0 Å². The molecule has 0 N–H and O–H groups in total. The third-order valence-electron chi connectivity index (χ3n) is 22.3. The summed E-state index contributed by atoms with van der Waals surface area (Å²) in [5.74, 6) is 0. The number of fused-ring (bicyclic) bond motifs is 21. The molecule has 0 spiro atoms. The van der Waals surface area contributed by atoms with Crippen LogP contribution in [-0.4, -0.2) is 31.8 Å². The number of hydrogen-bond donors (Lipinski definition) is 0. The molecule has 92 heavy (non-hydrogen) atoms. The first-order valence-electron chi connectivity index (χ1n) is 33.0. The minimum Gasteiger partial charge on any atom is -0.374 e. The lowest BCUT2D eigenvalue weighted by atomic mass is 9.45. The summed E-state index contributed by atoms with van der Waals surface area (Å²) in [6, 6.07) is 72.7. The van der Waals surface area contributed by atoms with Crippen molar-refractivity contribution in [2.75, 3.05) is 0 Å². The number of aromatic nitrogens is 4. The Morgan fingerprint density at radius 2 is 0.565 bits per heavy atom. The van der Waals surface area contributed by atoms with Crippen LogP contribution in [0.25, 0.3) is 155 Å². The average Bonchev–Trinajstić information content (AvgIpc) is 1.50. The molecular formula is C86H66B2N4. The Labute approximate surface area is 536 Å². The highest BCUT2D eigenvalue weighted by Crippen LogP contribution is 2.51. The van der Waals surface area contributed by atoms with E-state index in [-0.39, 0.29) is 13.7 Å². The molecule has 0 bridgehead atoms. The molecule has 4 aliphatic heterocycles. The molecule has 4 nitrogen and oxygen atoms in total. The number of nitrogens with zero attached hydrogens (tertiary/aromatic N) is 4. The lowest BCUT2D eigenvalue weighted by Gasteiger charge is -2.34. The summed E-state index contributed by atoms with van der Waals surface area (Å²) in [7, 11) is 0. The second kappa shape index (κ2) is 17.8. The minimum absolute atomic E-state index is 0.122. The van der Waals surface area contributed by atoms with Gasteiger partial charge in [0.15, 0.2) is 0 Å². The number of rotatable bonds is 4. The first kappa shape index (κ1) is 52.5. The van der Waals surface area contributed by atoms with E-state index in [0.29, 0.717) is 0 Å². The van der Waals surface area contributed by atoms with E-state index in [0.717, 1.165) is 0 Å². The highest BCUT2D eigenvalue weighted by molar-refractivity contribution is 6.92. The van der Waals surface area contributed by atoms with Gasteiger partial charge >= 0.3 is 13.7 Å². The largest absolute Gasteiger partial charge is 0.374 e. The van der Waals surface area contributed by atoms with Crippen molar-refractivity contribution in [2.24, 2.45) is 0 Å². The third kappa shape index (κ3) is 6.50. The molecule has 0 amide bonds. The molecule has 0 saturated heterocycles. The SMILES string of the molecule is Cc1cc(C)c(-c2ccc3c(c2)-n2c4cc(-c5c(C)cc(C)cc5C)ccc4c4ccc5c(c42)B3n2c3c-5cccc3c3c2c2cccc4c2n3B2c3ccc(-c5c(C)cc(C)cc5C)cc3-n3c5cc(-c6c(C)cc(C)cc6C)ccc5c5ccc-4c2c53)c(C)c1. The van der Waals surface area contributed by atoms with Gasteiger partial charge in [-0.15, -0.1) is 0 Å². The summed E-state index contributed by atoms with van der Waals surface area (Å²) < 4.78 is 11.0. The molecule has 0 aliphatic carbocycles. The predicted molar refractivity (Wildman–Crippen MR) is 394 cm³/mol. The standard InChI is InChI=1S/C86H66B2N4/c1-43-31-47(5)75(48(6)32-43)55-19-23-59-65-27-25-61-63-15-13-17-67-81(63)91(87-69-29-21-57(77-51(9)35-45(3)36-52(77)10)41-73(69)89(71(59)39-55)83(65)79(61)87)85-68-18-14-16-64-62-26-28-66-60-24-20-56(76-49(7)33-44(2)34-50(76)8)40-72(60)90-74-42-58(78-53(11)37-46(4)38-54(78)12)22-30-70(74)88(80(62)84(66)90)92(82(64)68)86(67)85/h13-42H,1-12H3. The summed E-state index contributed by atoms with van der Waals surface area (Å²) in [5.41, 5.74) is 49.5. The van der Waals surface area contributed by atoms with Crippen LogP contribution in [0.1, 0.15) is 66.8 Å². The smallest absolute Gasteiger partial charge is 0.333 e. The summed E-state index contributed by atoms with van der Waals surface area (Å²) in [6.07, 6.45) is 0. The topological polar surface area (TPSA) is 19.7 Å². The van der Waals surface area contributed by atoms with Gasteiger partial charge in [-0.2, -0.15) is 0 Å². The van der Waals surface area contributed by atoms with Gasteiger partial charge in [-0.3, -0.25) is 0 Å². The molecule has 436 valence electrons. The molecule has 20 rings (SSSR count). The van der Waals surface area contributed by atoms with Crippen LogP contribution in [0.5, 0.6) is 0 Å². The Bertz CT molecular complexity index is 5750. The maximum absolute atomic E-state index is 2.84. The van der Waals surface area contributed by atoms with E-state index in [1.165, 1.54) is 243 Å². The van der Waals surface area contributed by atoms with Gasteiger partial charge in [-0.25, -0.2) is 0 Å². The number of hydrogen-bond acceptors (Lipinski definition) is 0. The van der Waals surface area contributed by atoms with Crippen LogP contribution in [-0.2, 0) is 0 Å². The van der Waals surface area contributed by atoms with Gasteiger partial charge in [0.1, 0.15) is 0 Å². The van der Waals surface area contributed by atoms with E-state index in [1.54, 1.807) is 0 Å². The molecule has 0 saturated carbocycles. The quantitative estimate of drug-likeness (QED) is 0.157. The summed E-state index contributed by atoms with van der Waals surface area (Å²) in [4.78, 5) is 0. The summed E-state index contributed by atoms with van der Waals surface area (Å²) in [6.45, 7) is 26.9. The van der Waals surface area contributed by atoms with Crippen LogP contribution < -0.4 is 21.9 Å². The van der Waals surface area contributed by atoms with Gasteiger partial charge in [0.2, 0.25) is 0 Å². The van der Waals surface area contributed by atoms with Crippen molar-refractivity contribution in [1.29, 1.82) is 0 Å². The van der Waals surface area contributed by atoms with E-state index in [4.69, 9.17) is 0 Å². The average molecular weight is 1180 g/mol. The van der Waals surface area contributed by atoms with Crippen molar-refractivity contribution < 1.29 is 0 Å². The fourth-order valence-corrected chi connectivity index (χ4v) is 19.6. The lowest BCUT2D eigenvalue weighted by molar-refractivity contribution is 1.17. The molecule has 4 aromatic heterocycles. The minimum atomic E-state index is -0.122. The van der Waals surface area contributed by atoms with E-state index < -0.39 is 0 Å². The molecule has 6 heteroatoms. The van der Waals surface area contributed by atoms with Crippen molar-refractivity contribution >= 4 is 112 Å². The zero-order valence-electron chi connectivity index (χ0n) is 54.3. The molecular weight excluding hydrogens is 1110 g/mol. The van der Waals surface area contributed by atoms with Gasteiger partial charge in [0.25, 0.3) is 0 Å². The van der Waals surface area contributed by atoms with Crippen molar-refractivity contribution in [2.45, 2.75) is 83.1 Å². The molecule has 0 atom stereocenters. The van der Waals surface area contributed by atoms with E-state index in [2.05, 4.69) is 283 Å². The number of aryl methyl sites for hydroxylation is 12. The van der Waals surface area contributed by atoms with Crippen LogP contribution in [0.4, 0.5) is 0 Å². The Morgan fingerprint density at radius 1 is 0.250 bits per heavy atom. The van der Waals surface area contributed by atoms with E-state index in [1.807, 2.05) is 0 Å². The second-order valence-electron chi connectivity index (χ2n) is 28.3. The molecule has 0 fully saturated rings. The van der Waals surface area contributed by atoms with Gasteiger partial charge in [-0.1, -0.05) is 180 Å². The second-order valence-corrected chi connectivity index (χ2v) is 28.3. The van der Waals surface area contributed by atoms with Crippen LogP contribution in [0, 0.1) is 83.1 Å². The Kier molecular flexibility index (Phi) is 10.2. The van der Waals surface area contributed by atoms with Gasteiger partial charge < -0.3 is 18.1 Å². The Morgan fingerprint density at radius 3 is 0.913 bits per heavy atom. The molecule has 8 heterocycles. The fourth-order valence-electron chi connectivity index (χ4n) is 19.6.